The van der Waals surface area contributed by atoms with Crippen LogP contribution in [0.4, 0.5) is 0 Å². The fourth-order valence-corrected chi connectivity index (χ4v) is 3.07. The minimum atomic E-state index is -0.191. The Kier molecular flexibility index (Phi) is 3.13. The molecule has 4 nitrogen and oxygen atoms in total. The first-order valence-corrected chi connectivity index (χ1v) is 7.04. The molecule has 3 rings (SSSR count). The second-order valence-corrected chi connectivity index (χ2v) is 6.16. The van der Waals surface area contributed by atoms with Crippen molar-refractivity contribution < 1.29 is 9.53 Å². The van der Waals surface area contributed by atoms with Crippen molar-refractivity contribution in [3.05, 3.63) is 35.9 Å². The summed E-state index contributed by atoms with van der Waals surface area (Å²) < 4.78 is 5.94. The Hall–Kier alpha value is -1.68. The molecule has 2 aliphatic heterocycles. The summed E-state index contributed by atoms with van der Waals surface area (Å²) >= 11 is 0. The number of hydrazone groups is 1. The number of hydrogen-bond acceptors (Lipinski definition) is 3. The van der Waals surface area contributed by atoms with Gasteiger partial charge < -0.3 is 4.74 Å². The summed E-state index contributed by atoms with van der Waals surface area (Å²) in [6.07, 6.45) is 0.783. The van der Waals surface area contributed by atoms with E-state index >= 15 is 0 Å². The molecule has 0 N–H and O–H groups in total. The van der Waals surface area contributed by atoms with E-state index in [1.54, 1.807) is 11.9 Å². The lowest BCUT2D eigenvalue weighted by atomic mass is 9.83. The molecule has 1 aromatic carbocycles. The smallest absolute Gasteiger partial charge is 0.240 e. The van der Waals surface area contributed by atoms with Crippen LogP contribution in [0.15, 0.2) is 35.4 Å². The van der Waals surface area contributed by atoms with E-state index < -0.39 is 0 Å². The summed E-state index contributed by atoms with van der Waals surface area (Å²) in [5.74, 6) is 0.160. The van der Waals surface area contributed by atoms with Gasteiger partial charge in [-0.2, -0.15) is 5.10 Å². The summed E-state index contributed by atoms with van der Waals surface area (Å²) in [5.41, 5.74) is 2.02. The number of carbonyl (C=O) groups excluding carboxylic acids is 1. The second kappa shape index (κ2) is 4.70. The van der Waals surface area contributed by atoms with Crippen LogP contribution < -0.4 is 0 Å². The van der Waals surface area contributed by atoms with Crippen molar-refractivity contribution in [3.63, 3.8) is 0 Å². The summed E-state index contributed by atoms with van der Waals surface area (Å²) in [6.45, 7) is 6.33. The molecule has 0 spiro atoms. The van der Waals surface area contributed by atoms with Crippen molar-refractivity contribution in [2.75, 3.05) is 6.61 Å². The lowest BCUT2D eigenvalue weighted by Gasteiger charge is -2.35. The van der Waals surface area contributed by atoms with E-state index in [-0.39, 0.29) is 23.5 Å². The molecule has 20 heavy (non-hydrogen) atoms. The highest BCUT2D eigenvalue weighted by Gasteiger charge is 2.45. The van der Waals surface area contributed by atoms with Gasteiger partial charge in [0, 0.05) is 25.0 Å². The Morgan fingerprint density at radius 2 is 2.05 bits per heavy atom. The first kappa shape index (κ1) is 13.3. The molecule has 2 heterocycles. The van der Waals surface area contributed by atoms with Gasteiger partial charge in [-0.15, -0.1) is 0 Å². The first-order chi connectivity index (χ1) is 9.48. The molecular weight excluding hydrogens is 252 g/mol. The number of rotatable bonds is 1. The highest BCUT2D eigenvalue weighted by Crippen LogP contribution is 2.41. The van der Waals surface area contributed by atoms with Gasteiger partial charge in [-0.1, -0.05) is 30.3 Å². The van der Waals surface area contributed by atoms with Crippen molar-refractivity contribution in [1.29, 1.82) is 0 Å². The van der Waals surface area contributed by atoms with Crippen molar-refractivity contribution in [2.24, 2.45) is 11.0 Å². The van der Waals surface area contributed by atoms with Crippen molar-refractivity contribution in [1.82, 2.24) is 5.01 Å². The van der Waals surface area contributed by atoms with Gasteiger partial charge >= 0.3 is 0 Å². The number of fused-ring (bicyclic) bond motifs is 1. The van der Waals surface area contributed by atoms with E-state index in [1.165, 1.54) is 0 Å². The van der Waals surface area contributed by atoms with Crippen LogP contribution in [0.1, 0.15) is 38.8 Å². The fraction of sp³-hybridized carbons (Fsp3) is 0.500. The average Bonchev–Trinajstić information content (AvgIpc) is 2.77. The van der Waals surface area contributed by atoms with Gasteiger partial charge in [-0.3, -0.25) is 4.79 Å². The molecule has 1 amide bonds. The topological polar surface area (TPSA) is 41.9 Å². The molecule has 2 aliphatic rings. The summed E-state index contributed by atoms with van der Waals surface area (Å²) in [7, 11) is 0. The molecule has 2 atom stereocenters. The zero-order valence-electron chi connectivity index (χ0n) is 12.2. The average molecular weight is 272 g/mol. The number of ether oxygens (including phenoxy) is 1. The summed E-state index contributed by atoms with van der Waals surface area (Å²) in [5, 5.41) is 6.21. The zero-order chi connectivity index (χ0) is 14.3. The van der Waals surface area contributed by atoms with E-state index in [9.17, 15) is 4.79 Å². The van der Waals surface area contributed by atoms with Gasteiger partial charge in [0.25, 0.3) is 0 Å². The van der Waals surface area contributed by atoms with Crippen LogP contribution in [0, 0.1) is 5.92 Å². The Labute approximate surface area is 119 Å². The van der Waals surface area contributed by atoms with E-state index in [0.717, 1.165) is 17.7 Å². The van der Waals surface area contributed by atoms with Crippen LogP contribution in [0.5, 0.6) is 0 Å². The van der Waals surface area contributed by atoms with Crippen LogP contribution in [0.2, 0.25) is 0 Å². The summed E-state index contributed by atoms with van der Waals surface area (Å²) in [4.78, 5) is 11.9. The van der Waals surface area contributed by atoms with Gasteiger partial charge in [0.15, 0.2) is 0 Å². The highest BCUT2D eigenvalue weighted by atomic mass is 16.5. The molecule has 4 heteroatoms. The molecule has 1 fully saturated rings. The molecule has 0 aliphatic carbocycles. The van der Waals surface area contributed by atoms with E-state index in [2.05, 4.69) is 31.1 Å². The minimum absolute atomic E-state index is 0.0152. The third-order valence-corrected chi connectivity index (χ3v) is 4.03. The molecule has 0 unspecified atom stereocenters. The lowest BCUT2D eigenvalue weighted by Crippen LogP contribution is -2.41. The van der Waals surface area contributed by atoms with Gasteiger partial charge in [-0.25, -0.2) is 5.01 Å². The number of carbonyl (C=O) groups is 1. The molecule has 0 saturated carbocycles. The number of nitrogens with zero attached hydrogens (tertiary/aromatic N) is 2. The number of benzene rings is 1. The van der Waals surface area contributed by atoms with Gasteiger partial charge in [-0.05, 0) is 19.4 Å². The largest absolute Gasteiger partial charge is 0.374 e. The Morgan fingerprint density at radius 1 is 1.35 bits per heavy atom. The van der Waals surface area contributed by atoms with Crippen LogP contribution in [0.25, 0.3) is 0 Å². The molecule has 0 bridgehead atoms. The quantitative estimate of drug-likeness (QED) is 0.789. The Bertz CT molecular complexity index is 551. The molecule has 0 radical (unpaired) electrons. The predicted molar refractivity (Wildman–Crippen MR) is 77.3 cm³/mol. The van der Waals surface area contributed by atoms with E-state index in [1.807, 2.05) is 18.2 Å². The van der Waals surface area contributed by atoms with Crippen molar-refractivity contribution in [3.8, 4) is 0 Å². The maximum Gasteiger partial charge on any atom is 0.240 e. The SMILES string of the molecule is CC(=O)N1N=C2CC(C)(C)OC[C@@H]2[C@@H]1c1ccccc1. The molecule has 1 aromatic rings. The Balaban J connectivity index is 1.97. The predicted octanol–water partition coefficient (Wildman–Crippen LogP) is 2.76. The van der Waals surface area contributed by atoms with Crippen molar-refractivity contribution >= 4 is 11.6 Å². The first-order valence-electron chi connectivity index (χ1n) is 7.04. The van der Waals surface area contributed by atoms with Gasteiger partial charge in [0.05, 0.1) is 18.2 Å². The number of amides is 1. The van der Waals surface area contributed by atoms with Crippen molar-refractivity contribution in [2.45, 2.75) is 38.8 Å². The third-order valence-electron chi connectivity index (χ3n) is 4.03. The normalized spacial score (nSPS) is 27.9. The third kappa shape index (κ3) is 2.24. The van der Waals surface area contributed by atoms with Crippen LogP contribution in [-0.2, 0) is 9.53 Å². The molecule has 1 saturated heterocycles. The van der Waals surface area contributed by atoms with Crippen LogP contribution >= 0.6 is 0 Å². The second-order valence-electron chi connectivity index (χ2n) is 6.16. The zero-order valence-corrected chi connectivity index (χ0v) is 12.2. The lowest BCUT2D eigenvalue weighted by molar-refractivity contribution is -0.131. The maximum atomic E-state index is 11.9. The number of hydrogen-bond donors (Lipinski definition) is 0. The molecular formula is C16H20N2O2. The maximum absolute atomic E-state index is 11.9. The van der Waals surface area contributed by atoms with Crippen LogP contribution in [0.3, 0.4) is 0 Å². The van der Waals surface area contributed by atoms with E-state index in [4.69, 9.17) is 4.74 Å². The monoisotopic (exact) mass is 272 g/mol. The minimum Gasteiger partial charge on any atom is -0.374 e. The Morgan fingerprint density at radius 3 is 2.70 bits per heavy atom. The van der Waals surface area contributed by atoms with Gasteiger partial charge in [0.2, 0.25) is 5.91 Å². The molecule has 0 aromatic heterocycles. The highest BCUT2D eigenvalue weighted by molar-refractivity contribution is 5.93. The fourth-order valence-electron chi connectivity index (χ4n) is 3.07. The van der Waals surface area contributed by atoms with Gasteiger partial charge in [0.1, 0.15) is 0 Å². The molecule has 106 valence electrons. The summed E-state index contributed by atoms with van der Waals surface area (Å²) in [6, 6.07) is 10.1. The van der Waals surface area contributed by atoms with Crippen LogP contribution in [-0.4, -0.2) is 28.8 Å². The standard InChI is InChI=1S/C16H20N2O2/c1-11(19)18-15(12-7-5-4-6-8-12)13-10-20-16(2,3)9-14(13)17-18/h4-8,13,15H,9-10H2,1-3H3/t13-,15-/m0/s1. The van der Waals surface area contributed by atoms with E-state index in [0.29, 0.717) is 6.61 Å².